The number of rotatable bonds is 6. The maximum absolute atomic E-state index is 14.3. The van der Waals surface area contributed by atoms with Crippen LogP contribution in [-0.4, -0.2) is 26.6 Å². The van der Waals surface area contributed by atoms with E-state index < -0.39 is 17.6 Å². The summed E-state index contributed by atoms with van der Waals surface area (Å²) in [6.45, 7) is 3.49. The number of nitrogens with one attached hydrogen (secondary N) is 3. The third-order valence-electron chi connectivity index (χ3n) is 4.94. The highest BCUT2D eigenvalue weighted by atomic mass is 32.1. The molecule has 4 aromatic rings. The summed E-state index contributed by atoms with van der Waals surface area (Å²) in [7, 11) is 0. The molecule has 0 atom stereocenters. The van der Waals surface area contributed by atoms with Crippen LogP contribution in [0.3, 0.4) is 0 Å². The van der Waals surface area contributed by atoms with Gasteiger partial charge in [0.1, 0.15) is 18.1 Å². The van der Waals surface area contributed by atoms with E-state index in [-0.39, 0.29) is 12.2 Å². The van der Waals surface area contributed by atoms with Gasteiger partial charge in [-0.15, -0.1) is 0 Å². The first-order valence-electron chi connectivity index (χ1n) is 9.99. The standard InChI is InChI=1S/C23H20FN5O3S/c1-13-4-3-5-15(10-13)21-27-28-23(33)29(21)12-20(30)25-16-6-7-18(24)19(11-16)26-22(31)17-8-9-32-14(17)2/h3-11H,12H2,1-2H3,(H,25,30)(H,26,31)(H,28,33). The second kappa shape index (κ2) is 9.21. The van der Waals surface area contributed by atoms with Gasteiger partial charge in [0.05, 0.1) is 17.5 Å². The summed E-state index contributed by atoms with van der Waals surface area (Å²) in [6.07, 6.45) is 1.38. The monoisotopic (exact) mass is 465 g/mol. The summed E-state index contributed by atoms with van der Waals surface area (Å²) in [5, 5.41) is 12.1. The molecule has 8 nitrogen and oxygen atoms in total. The zero-order chi connectivity index (χ0) is 23.5. The molecule has 33 heavy (non-hydrogen) atoms. The first-order chi connectivity index (χ1) is 15.8. The normalized spacial score (nSPS) is 10.8. The van der Waals surface area contributed by atoms with Crippen molar-refractivity contribution in [1.82, 2.24) is 14.8 Å². The Kier molecular flexibility index (Phi) is 6.18. The molecule has 0 fully saturated rings. The van der Waals surface area contributed by atoms with Gasteiger partial charge in [0.15, 0.2) is 10.6 Å². The van der Waals surface area contributed by atoms with Crippen molar-refractivity contribution in [3.8, 4) is 11.4 Å². The number of aromatic nitrogens is 3. The molecule has 10 heteroatoms. The zero-order valence-electron chi connectivity index (χ0n) is 17.8. The molecule has 3 N–H and O–H groups in total. The van der Waals surface area contributed by atoms with Gasteiger partial charge < -0.3 is 15.1 Å². The Hall–Kier alpha value is -4.05. The second-order valence-electron chi connectivity index (χ2n) is 7.40. The summed E-state index contributed by atoms with van der Waals surface area (Å²) in [4.78, 5) is 25.1. The molecule has 2 aromatic heterocycles. The Labute approximate surface area is 193 Å². The highest BCUT2D eigenvalue weighted by molar-refractivity contribution is 7.71. The summed E-state index contributed by atoms with van der Waals surface area (Å²) in [6, 6.07) is 13.1. The predicted octanol–water partition coefficient (Wildman–Crippen LogP) is 4.85. The molecule has 0 saturated carbocycles. The number of nitrogens with zero attached hydrogens (tertiary/aromatic N) is 2. The van der Waals surface area contributed by atoms with Crippen LogP contribution in [-0.2, 0) is 11.3 Å². The largest absolute Gasteiger partial charge is 0.469 e. The number of amides is 2. The smallest absolute Gasteiger partial charge is 0.259 e. The molecule has 2 aromatic carbocycles. The van der Waals surface area contributed by atoms with Crippen LogP contribution in [0.5, 0.6) is 0 Å². The topological polar surface area (TPSA) is 105 Å². The molecule has 0 radical (unpaired) electrons. The number of furan rings is 1. The fourth-order valence-electron chi connectivity index (χ4n) is 3.32. The van der Waals surface area contributed by atoms with Crippen LogP contribution < -0.4 is 10.6 Å². The van der Waals surface area contributed by atoms with Crippen LogP contribution in [0.2, 0.25) is 0 Å². The van der Waals surface area contributed by atoms with Crippen molar-refractivity contribution in [3.63, 3.8) is 0 Å². The van der Waals surface area contributed by atoms with Crippen molar-refractivity contribution in [3.05, 3.63) is 82.3 Å². The van der Waals surface area contributed by atoms with Crippen molar-refractivity contribution in [1.29, 1.82) is 0 Å². The first kappa shape index (κ1) is 22.2. The minimum atomic E-state index is -0.638. The molecular formula is C23H20FN5O3S. The van der Waals surface area contributed by atoms with E-state index in [0.29, 0.717) is 27.6 Å². The van der Waals surface area contributed by atoms with E-state index in [1.54, 1.807) is 11.5 Å². The number of carbonyl (C=O) groups excluding carboxylic acids is 2. The Balaban J connectivity index is 1.50. The lowest BCUT2D eigenvalue weighted by atomic mass is 10.1. The lowest BCUT2D eigenvalue weighted by molar-refractivity contribution is -0.116. The van der Waals surface area contributed by atoms with E-state index in [9.17, 15) is 14.0 Å². The zero-order valence-corrected chi connectivity index (χ0v) is 18.6. The molecule has 2 amide bonds. The lowest BCUT2D eigenvalue weighted by Crippen LogP contribution is -2.20. The van der Waals surface area contributed by atoms with Gasteiger partial charge in [-0.3, -0.25) is 19.3 Å². The summed E-state index contributed by atoms with van der Waals surface area (Å²) in [5.74, 6) is -0.603. The van der Waals surface area contributed by atoms with Crippen molar-refractivity contribution in [2.24, 2.45) is 0 Å². The number of anilines is 2. The molecule has 2 heterocycles. The summed E-state index contributed by atoms with van der Waals surface area (Å²) < 4.78 is 21.2. The van der Waals surface area contributed by atoms with Crippen molar-refractivity contribution < 1.29 is 18.4 Å². The molecule has 0 aliphatic carbocycles. The fraction of sp³-hybridized carbons (Fsp3) is 0.130. The highest BCUT2D eigenvalue weighted by Gasteiger charge is 2.16. The van der Waals surface area contributed by atoms with Crippen LogP contribution in [0.1, 0.15) is 21.7 Å². The van der Waals surface area contributed by atoms with Crippen molar-refractivity contribution in [2.45, 2.75) is 20.4 Å². The van der Waals surface area contributed by atoms with Crippen LogP contribution in [0.25, 0.3) is 11.4 Å². The first-order valence-corrected chi connectivity index (χ1v) is 10.4. The molecule has 168 valence electrons. The van der Waals surface area contributed by atoms with E-state index >= 15 is 0 Å². The second-order valence-corrected chi connectivity index (χ2v) is 7.78. The van der Waals surface area contributed by atoms with Crippen LogP contribution in [0.4, 0.5) is 15.8 Å². The number of benzene rings is 2. The molecule has 0 spiro atoms. The fourth-order valence-corrected chi connectivity index (χ4v) is 3.52. The van der Waals surface area contributed by atoms with Gasteiger partial charge >= 0.3 is 0 Å². The molecule has 0 bridgehead atoms. The molecule has 0 saturated heterocycles. The summed E-state index contributed by atoms with van der Waals surface area (Å²) in [5.41, 5.74) is 2.40. The van der Waals surface area contributed by atoms with E-state index in [4.69, 9.17) is 16.6 Å². The molecule has 4 rings (SSSR count). The Morgan fingerprint density at radius 1 is 1.15 bits per heavy atom. The van der Waals surface area contributed by atoms with Crippen LogP contribution >= 0.6 is 12.2 Å². The van der Waals surface area contributed by atoms with Gasteiger partial charge in [0.2, 0.25) is 5.91 Å². The number of aromatic amines is 1. The van der Waals surface area contributed by atoms with Gasteiger partial charge in [0.25, 0.3) is 5.91 Å². The van der Waals surface area contributed by atoms with Gasteiger partial charge in [-0.2, -0.15) is 5.10 Å². The lowest BCUT2D eigenvalue weighted by Gasteiger charge is -2.11. The SMILES string of the molecule is Cc1cccc(-c2n[nH]c(=S)n2CC(=O)Nc2ccc(F)c(NC(=O)c3ccoc3C)c2)c1. The third kappa shape index (κ3) is 4.90. The molecule has 0 aliphatic heterocycles. The number of hydrogen-bond acceptors (Lipinski definition) is 5. The van der Waals surface area contributed by atoms with Gasteiger partial charge in [-0.05, 0) is 56.4 Å². The van der Waals surface area contributed by atoms with E-state index in [0.717, 1.165) is 17.2 Å². The molecule has 0 aliphatic rings. The van der Waals surface area contributed by atoms with Gasteiger partial charge in [0, 0.05) is 11.3 Å². The average Bonchev–Trinajstić information content (AvgIpc) is 3.36. The molecule has 0 unspecified atom stereocenters. The van der Waals surface area contributed by atoms with Crippen molar-refractivity contribution >= 4 is 35.4 Å². The number of hydrogen-bond donors (Lipinski definition) is 3. The van der Waals surface area contributed by atoms with E-state index in [1.807, 2.05) is 31.2 Å². The summed E-state index contributed by atoms with van der Waals surface area (Å²) >= 11 is 5.28. The number of H-pyrrole nitrogens is 1. The average molecular weight is 466 g/mol. The molecular weight excluding hydrogens is 445 g/mol. The minimum Gasteiger partial charge on any atom is -0.469 e. The maximum Gasteiger partial charge on any atom is 0.259 e. The Morgan fingerprint density at radius 2 is 1.97 bits per heavy atom. The van der Waals surface area contributed by atoms with Crippen LogP contribution in [0, 0.1) is 24.4 Å². The minimum absolute atomic E-state index is 0.0706. The number of carbonyl (C=O) groups is 2. The van der Waals surface area contributed by atoms with E-state index in [2.05, 4.69) is 20.8 Å². The highest BCUT2D eigenvalue weighted by Crippen LogP contribution is 2.22. The van der Waals surface area contributed by atoms with E-state index in [1.165, 1.54) is 24.5 Å². The maximum atomic E-state index is 14.3. The number of halogens is 1. The third-order valence-corrected chi connectivity index (χ3v) is 5.25. The number of aryl methyl sites for hydroxylation is 2. The van der Waals surface area contributed by atoms with Crippen molar-refractivity contribution in [2.75, 3.05) is 10.6 Å². The van der Waals surface area contributed by atoms with Gasteiger partial charge in [-0.1, -0.05) is 23.8 Å². The quantitative estimate of drug-likeness (QED) is 0.353. The Bertz CT molecular complexity index is 1410. The van der Waals surface area contributed by atoms with Crippen LogP contribution in [0.15, 0.2) is 59.2 Å². The van der Waals surface area contributed by atoms with Gasteiger partial charge in [-0.25, -0.2) is 4.39 Å². The Morgan fingerprint density at radius 3 is 2.70 bits per heavy atom. The predicted molar refractivity (Wildman–Crippen MR) is 124 cm³/mol.